The number of anilines is 2. The first-order valence-corrected chi connectivity index (χ1v) is 13.9. The van der Waals surface area contributed by atoms with Gasteiger partial charge in [0.25, 0.3) is 0 Å². The Hall–Kier alpha value is -4.59. The second kappa shape index (κ2) is 13.7. The Kier molecular flexibility index (Phi) is 9.31. The van der Waals surface area contributed by atoms with Crippen LogP contribution in [0.4, 0.5) is 11.4 Å². The molecule has 1 heterocycles. The summed E-state index contributed by atoms with van der Waals surface area (Å²) in [6.07, 6.45) is 0.0865. The first kappa shape index (κ1) is 28.0. The molecule has 7 heteroatoms. The first-order valence-electron chi connectivity index (χ1n) is 13.9. The fourth-order valence-electron chi connectivity index (χ4n) is 4.70. The summed E-state index contributed by atoms with van der Waals surface area (Å²) in [7, 11) is 0. The van der Waals surface area contributed by atoms with E-state index in [0.717, 1.165) is 46.6 Å². The summed E-state index contributed by atoms with van der Waals surface area (Å²) in [6.45, 7) is 4.11. The number of hydrogen-bond acceptors (Lipinski definition) is 6. The van der Waals surface area contributed by atoms with Gasteiger partial charge in [-0.2, -0.15) is 0 Å². The Morgan fingerprint density at radius 3 is 2.27 bits per heavy atom. The summed E-state index contributed by atoms with van der Waals surface area (Å²) >= 11 is 0. The van der Waals surface area contributed by atoms with Gasteiger partial charge in [0, 0.05) is 29.4 Å². The normalized spacial score (nSPS) is 11.8. The van der Waals surface area contributed by atoms with Crippen LogP contribution in [0, 0.1) is 0 Å². The second-order valence-corrected chi connectivity index (χ2v) is 9.79. The zero-order valence-electron chi connectivity index (χ0n) is 23.1. The van der Waals surface area contributed by atoms with Gasteiger partial charge in [-0.05, 0) is 85.1 Å². The van der Waals surface area contributed by atoms with Crippen molar-refractivity contribution in [2.24, 2.45) is 0 Å². The summed E-state index contributed by atoms with van der Waals surface area (Å²) in [5, 5.41) is 18.5. The molecule has 1 aromatic heterocycles. The fourth-order valence-corrected chi connectivity index (χ4v) is 4.70. The predicted octanol–water partition coefficient (Wildman–Crippen LogP) is 6.12. The summed E-state index contributed by atoms with van der Waals surface area (Å²) < 4.78 is 11.5. The average molecular weight is 550 g/mol. The van der Waals surface area contributed by atoms with Crippen LogP contribution in [0.5, 0.6) is 11.5 Å². The highest BCUT2D eigenvalue weighted by Gasteiger charge is 2.15. The maximum atomic E-state index is 12.1. The van der Waals surface area contributed by atoms with Crippen LogP contribution in [0.15, 0.2) is 108 Å². The van der Waals surface area contributed by atoms with Crippen LogP contribution in [-0.4, -0.2) is 29.8 Å². The molecule has 0 bridgehead atoms. The van der Waals surface area contributed by atoms with Crippen LogP contribution in [0.1, 0.15) is 29.7 Å². The number of ether oxygens (including phenoxy) is 2. The fraction of sp³-hybridized carbons (Fsp3) is 0.206. The maximum absolute atomic E-state index is 12.1. The van der Waals surface area contributed by atoms with Gasteiger partial charge >= 0.3 is 0 Å². The molecule has 0 aliphatic heterocycles. The van der Waals surface area contributed by atoms with E-state index in [9.17, 15) is 9.90 Å². The van der Waals surface area contributed by atoms with Gasteiger partial charge in [-0.1, -0.05) is 48.5 Å². The minimum Gasteiger partial charge on any atom is -0.494 e. The highest BCUT2D eigenvalue weighted by Crippen LogP contribution is 2.30. The molecule has 7 nitrogen and oxygen atoms in total. The van der Waals surface area contributed by atoms with Crippen molar-refractivity contribution in [1.29, 1.82) is 0 Å². The Balaban J connectivity index is 1.14. The zero-order chi connectivity index (χ0) is 28.4. The van der Waals surface area contributed by atoms with Crippen LogP contribution < -0.4 is 25.7 Å². The molecular weight excluding hydrogens is 514 g/mol. The quantitative estimate of drug-likeness (QED) is 0.132. The van der Waals surface area contributed by atoms with Crippen molar-refractivity contribution in [1.82, 2.24) is 10.3 Å². The molecule has 0 amide bonds. The molecule has 0 aliphatic carbocycles. The van der Waals surface area contributed by atoms with E-state index >= 15 is 0 Å². The number of pyridine rings is 1. The van der Waals surface area contributed by atoms with Crippen LogP contribution in [-0.2, 0) is 13.0 Å². The van der Waals surface area contributed by atoms with Gasteiger partial charge in [0.1, 0.15) is 18.1 Å². The number of H-pyrrole nitrogens is 1. The maximum Gasteiger partial charge on any atom is 0.248 e. The van der Waals surface area contributed by atoms with E-state index in [1.165, 1.54) is 11.6 Å². The van der Waals surface area contributed by atoms with Gasteiger partial charge in [-0.25, -0.2) is 0 Å². The van der Waals surface area contributed by atoms with Crippen LogP contribution in [0.2, 0.25) is 0 Å². The molecular formula is C34H35N3O4. The number of benzene rings is 4. The third-order valence-electron chi connectivity index (χ3n) is 6.82. The van der Waals surface area contributed by atoms with E-state index in [1.807, 2.05) is 73.7 Å². The van der Waals surface area contributed by atoms with Crippen molar-refractivity contribution in [3.8, 4) is 11.5 Å². The molecule has 41 heavy (non-hydrogen) atoms. The van der Waals surface area contributed by atoms with Crippen LogP contribution in [0.3, 0.4) is 0 Å². The molecule has 4 aromatic carbocycles. The van der Waals surface area contributed by atoms with E-state index < -0.39 is 6.10 Å². The number of aliphatic hydroxyl groups is 1. The summed E-state index contributed by atoms with van der Waals surface area (Å²) in [4.78, 5) is 15.0. The van der Waals surface area contributed by atoms with Gasteiger partial charge in [-0.15, -0.1) is 0 Å². The highest BCUT2D eigenvalue weighted by molar-refractivity contribution is 5.87. The molecule has 1 atom stereocenters. The van der Waals surface area contributed by atoms with Gasteiger partial charge in [0.2, 0.25) is 5.56 Å². The van der Waals surface area contributed by atoms with E-state index in [1.54, 1.807) is 6.07 Å². The number of hydrogen-bond donors (Lipinski definition) is 4. The van der Waals surface area contributed by atoms with Crippen molar-refractivity contribution < 1.29 is 14.6 Å². The Morgan fingerprint density at radius 2 is 1.54 bits per heavy atom. The second-order valence-electron chi connectivity index (χ2n) is 9.79. The number of aliphatic hydroxyl groups excluding tert-OH is 1. The molecule has 0 fully saturated rings. The van der Waals surface area contributed by atoms with E-state index in [4.69, 9.17) is 9.47 Å². The Labute approximate surface area is 239 Å². The topological polar surface area (TPSA) is 95.6 Å². The summed E-state index contributed by atoms with van der Waals surface area (Å²) in [5.74, 6) is 1.44. The lowest BCUT2D eigenvalue weighted by Crippen LogP contribution is -2.24. The molecule has 0 saturated carbocycles. The predicted molar refractivity (Wildman–Crippen MR) is 164 cm³/mol. The largest absolute Gasteiger partial charge is 0.494 e. The lowest BCUT2D eigenvalue weighted by molar-refractivity contribution is 0.176. The third-order valence-corrected chi connectivity index (χ3v) is 6.82. The van der Waals surface area contributed by atoms with E-state index in [-0.39, 0.29) is 5.56 Å². The van der Waals surface area contributed by atoms with Crippen molar-refractivity contribution in [3.63, 3.8) is 0 Å². The lowest BCUT2D eigenvalue weighted by Gasteiger charge is -2.17. The first-order chi connectivity index (χ1) is 20.1. The Morgan fingerprint density at radius 1 is 0.805 bits per heavy atom. The highest BCUT2D eigenvalue weighted by atomic mass is 16.5. The molecule has 5 aromatic rings. The van der Waals surface area contributed by atoms with Gasteiger partial charge in [0.15, 0.2) is 0 Å². The molecule has 0 spiro atoms. The SMILES string of the molecule is CCOc1ccc(Nc2ccc(CCNC[C@H](O)c3ccc(OCc4ccccc4)c4[nH]c(=O)ccc34)cc2)cc1. The van der Waals surface area contributed by atoms with Gasteiger partial charge in [-0.3, -0.25) is 4.79 Å². The number of rotatable bonds is 13. The molecule has 0 aliphatic rings. The van der Waals surface area contributed by atoms with Crippen molar-refractivity contribution in [2.45, 2.75) is 26.1 Å². The smallest absolute Gasteiger partial charge is 0.248 e. The average Bonchev–Trinajstić information content (AvgIpc) is 3.00. The van der Waals surface area contributed by atoms with Crippen LogP contribution >= 0.6 is 0 Å². The van der Waals surface area contributed by atoms with E-state index in [2.05, 4.69) is 39.9 Å². The lowest BCUT2D eigenvalue weighted by atomic mass is 10.0. The minimum atomic E-state index is -0.743. The third kappa shape index (κ3) is 7.54. The molecule has 210 valence electrons. The molecule has 0 saturated heterocycles. The van der Waals surface area contributed by atoms with Gasteiger partial charge in [0.05, 0.1) is 18.2 Å². The summed E-state index contributed by atoms with van der Waals surface area (Å²) in [5.41, 5.74) is 5.36. The number of aromatic amines is 1. The monoisotopic (exact) mass is 549 g/mol. The van der Waals surface area contributed by atoms with Crippen molar-refractivity contribution in [2.75, 3.05) is 25.0 Å². The summed E-state index contributed by atoms with van der Waals surface area (Å²) in [6, 6.07) is 33.0. The van der Waals surface area contributed by atoms with Crippen molar-refractivity contribution in [3.05, 3.63) is 130 Å². The molecule has 4 N–H and O–H groups in total. The van der Waals surface area contributed by atoms with E-state index in [0.29, 0.717) is 31.0 Å². The van der Waals surface area contributed by atoms with Crippen molar-refractivity contribution >= 4 is 22.3 Å². The molecule has 0 radical (unpaired) electrons. The molecule has 0 unspecified atom stereocenters. The standard InChI is InChI=1S/C34H35N3O4/c1-2-40-28-14-12-27(13-15-28)36-26-10-8-24(9-11-26)20-21-35-22-31(38)29-16-18-32(34-30(29)17-19-33(39)37-34)41-23-25-6-4-3-5-7-25/h3-19,31,35-36,38H,2,20-23H2,1H3,(H,37,39)/t31-/m0/s1. The minimum absolute atomic E-state index is 0.215. The van der Waals surface area contributed by atoms with Gasteiger partial charge < -0.3 is 30.2 Å². The number of fused-ring (bicyclic) bond motifs is 1. The zero-order valence-corrected chi connectivity index (χ0v) is 23.1. The molecule has 5 rings (SSSR count). The Bertz CT molecular complexity index is 1600. The number of nitrogens with one attached hydrogen (secondary N) is 3. The van der Waals surface area contributed by atoms with Crippen LogP contribution in [0.25, 0.3) is 10.9 Å². The number of aromatic nitrogens is 1.